The molecule has 1 aliphatic carbocycles. The molecule has 186 valence electrons. The van der Waals surface area contributed by atoms with Crippen molar-refractivity contribution in [1.82, 2.24) is 0 Å². The van der Waals surface area contributed by atoms with Gasteiger partial charge in [-0.1, -0.05) is 79.7 Å². The second-order valence-corrected chi connectivity index (χ2v) is 10.7. The first-order valence-electron chi connectivity index (χ1n) is 14.1. The maximum atomic E-state index is 2.58. The van der Waals surface area contributed by atoms with Crippen molar-refractivity contribution in [3.8, 4) is 0 Å². The van der Waals surface area contributed by atoms with Crippen molar-refractivity contribution in [2.75, 3.05) is 9.80 Å². The number of hydrogen-bond acceptors (Lipinski definition) is 2. The quantitative estimate of drug-likeness (QED) is 0.267. The fourth-order valence-electron chi connectivity index (χ4n) is 6.94. The first-order chi connectivity index (χ1) is 18.8. The Balaban J connectivity index is 1.58. The number of benzene rings is 4. The van der Waals surface area contributed by atoms with Crippen LogP contribution >= 0.6 is 0 Å². The molecule has 0 bridgehead atoms. The third kappa shape index (κ3) is 3.49. The number of anilines is 4. The largest absolute Gasteiger partial charge is 0.315 e. The van der Waals surface area contributed by atoms with Crippen molar-refractivity contribution in [1.29, 1.82) is 0 Å². The maximum Gasteiger partial charge on any atom is 0.252 e. The molecule has 0 aromatic heterocycles. The number of allylic oxidation sites excluding steroid dienone is 3. The average Bonchev–Trinajstić information content (AvgIpc) is 2.98. The minimum Gasteiger partial charge on any atom is -0.315 e. The van der Waals surface area contributed by atoms with Crippen molar-refractivity contribution in [3.63, 3.8) is 0 Å². The molecule has 2 aliphatic heterocycles. The summed E-state index contributed by atoms with van der Waals surface area (Å²) in [6.07, 6.45) is 8.33. The van der Waals surface area contributed by atoms with Crippen LogP contribution < -0.4 is 20.7 Å². The van der Waals surface area contributed by atoms with Gasteiger partial charge in [0.05, 0.1) is 0 Å². The minimum absolute atomic E-state index is 0.186. The summed E-state index contributed by atoms with van der Waals surface area (Å²) in [6.45, 7) is 4.78. The van der Waals surface area contributed by atoms with E-state index in [0.29, 0.717) is 0 Å². The van der Waals surface area contributed by atoms with Crippen molar-refractivity contribution in [3.05, 3.63) is 126 Å². The Hall–Kier alpha value is -3.98. The standard InChI is InChI=1S/C35H33BN2/c1-3-26-15-10-11-20-29(26)34-25(2)37(27-16-6-4-7-17-27)32-23-14-24-33-35(32)36(34)30-21-12-13-22-31(30)38(33)28-18-8-5-9-19-28/h4,6-7,10-18,20-24H,3,5,8-9,19H2,1-2H3. The van der Waals surface area contributed by atoms with Crippen molar-refractivity contribution in [2.45, 2.75) is 46.0 Å². The maximum absolute atomic E-state index is 2.58. The van der Waals surface area contributed by atoms with Gasteiger partial charge in [-0.3, -0.25) is 0 Å². The lowest BCUT2D eigenvalue weighted by molar-refractivity contribution is 0.691. The predicted molar refractivity (Wildman–Crippen MR) is 164 cm³/mol. The zero-order chi connectivity index (χ0) is 25.6. The summed E-state index contributed by atoms with van der Waals surface area (Å²) in [4.78, 5) is 5.08. The van der Waals surface area contributed by atoms with E-state index in [2.05, 4.69) is 127 Å². The molecule has 2 heterocycles. The number of para-hydroxylation sites is 2. The first-order valence-corrected chi connectivity index (χ1v) is 14.1. The molecule has 0 radical (unpaired) electrons. The Labute approximate surface area is 227 Å². The Bertz CT molecular complexity index is 1580. The van der Waals surface area contributed by atoms with E-state index in [1.165, 1.54) is 74.5 Å². The molecule has 4 aromatic rings. The number of hydrogen-bond donors (Lipinski definition) is 0. The Kier molecular flexibility index (Phi) is 5.73. The fourth-order valence-corrected chi connectivity index (χ4v) is 6.94. The van der Waals surface area contributed by atoms with E-state index in [1.54, 1.807) is 0 Å². The number of nitrogens with zero attached hydrogens (tertiary/aromatic N) is 2. The fraction of sp³-hybridized carbons (Fsp3) is 0.200. The third-order valence-corrected chi connectivity index (χ3v) is 8.59. The molecule has 0 fully saturated rings. The number of aryl methyl sites for hydroxylation is 1. The summed E-state index contributed by atoms with van der Waals surface area (Å²) in [5.74, 6) is 0. The molecule has 38 heavy (non-hydrogen) atoms. The molecule has 0 unspecified atom stereocenters. The Morgan fingerprint density at radius 1 is 0.711 bits per heavy atom. The molecule has 0 saturated carbocycles. The van der Waals surface area contributed by atoms with Crippen LogP contribution in [0.1, 0.15) is 50.7 Å². The van der Waals surface area contributed by atoms with Gasteiger partial charge in [-0.05, 0) is 96.9 Å². The zero-order valence-corrected chi connectivity index (χ0v) is 22.3. The van der Waals surface area contributed by atoms with Gasteiger partial charge in [-0.2, -0.15) is 0 Å². The van der Waals surface area contributed by atoms with E-state index in [9.17, 15) is 0 Å². The van der Waals surface area contributed by atoms with E-state index in [1.807, 2.05) is 0 Å². The molecule has 2 nitrogen and oxygen atoms in total. The second-order valence-electron chi connectivity index (χ2n) is 10.7. The van der Waals surface area contributed by atoms with Crippen molar-refractivity contribution >= 4 is 45.9 Å². The lowest BCUT2D eigenvalue weighted by Crippen LogP contribution is -2.56. The molecule has 3 aliphatic rings. The third-order valence-electron chi connectivity index (χ3n) is 8.59. The van der Waals surface area contributed by atoms with Gasteiger partial charge in [0.25, 0.3) is 6.71 Å². The van der Waals surface area contributed by atoms with Crippen LogP contribution in [0.3, 0.4) is 0 Å². The van der Waals surface area contributed by atoms with Crippen molar-refractivity contribution < 1.29 is 0 Å². The monoisotopic (exact) mass is 492 g/mol. The van der Waals surface area contributed by atoms with Crippen LogP contribution in [-0.4, -0.2) is 6.71 Å². The van der Waals surface area contributed by atoms with Gasteiger partial charge < -0.3 is 9.80 Å². The van der Waals surface area contributed by atoms with Crippen molar-refractivity contribution in [2.24, 2.45) is 0 Å². The van der Waals surface area contributed by atoms with Gasteiger partial charge >= 0.3 is 0 Å². The summed E-state index contributed by atoms with van der Waals surface area (Å²) in [7, 11) is 0. The highest BCUT2D eigenvalue weighted by atomic mass is 15.2. The molecule has 4 aromatic carbocycles. The first kappa shape index (κ1) is 23.2. The normalized spacial score (nSPS) is 16.3. The Morgan fingerprint density at radius 2 is 1.42 bits per heavy atom. The molecule has 0 atom stereocenters. The average molecular weight is 492 g/mol. The van der Waals surface area contributed by atoms with Gasteiger partial charge in [0.1, 0.15) is 0 Å². The molecule has 3 heteroatoms. The van der Waals surface area contributed by atoms with E-state index in [-0.39, 0.29) is 6.71 Å². The molecule has 0 N–H and O–H groups in total. The molecule has 7 rings (SSSR count). The SMILES string of the molecule is CCc1ccccc1C1=C(C)N(c2ccccc2)c2cccc3c2B1c1ccccc1N3C1=CCCCC1. The van der Waals surface area contributed by atoms with Crippen LogP contribution in [0.4, 0.5) is 22.7 Å². The Morgan fingerprint density at radius 3 is 2.21 bits per heavy atom. The summed E-state index contributed by atoms with van der Waals surface area (Å²) < 4.78 is 0. The van der Waals surface area contributed by atoms with Crippen LogP contribution in [0, 0.1) is 0 Å². The lowest BCUT2D eigenvalue weighted by atomic mass is 9.32. The van der Waals surface area contributed by atoms with Gasteiger partial charge in [-0.15, -0.1) is 0 Å². The van der Waals surface area contributed by atoms with Crippen LogP contribution in [0.2, 0.25) is 0 Å². The van der Waals surface area contributed by atoms with Crippen LogP contribution in [0.25, 0.3) is 5.47 Å². The smallest absolute Gasteiger partial charge is 0.252 e. The predicted octanol–water partition coefficient (Wildman–Crippen LogP) is 7.89. The van der Waals surface area contributed by atoms with E-state index in [4.69, 9.17) is 0 Å². The summed E-state index contributed by atoms with van der Waals surface area (Å²) in [5, 5.41) is 0. The summed E-state index contributed by atoms with van der Waals surface area (Å²) in [5.41, 5.74) is 15.0. The van der Waals surface area contributed by atoms with E-state index < -0.39 is 0 Å². The topological polar surface area (TPSA) is 6.48 Å². The number of fused-ring (bicyclic) bond motifs is 2. The van der Waals surface area contributed by atoms with Crippen LogP contribution in [-0.2, 0) is 6.42 Å². The molecule has 0 amide bonds. The second kappa shape index (κ2) is 9.40. The van der Waals surface area contributed by atoms with Gasteiger partial charge in [0, 0.05) is 34.1 Å². The molecule has 0 saturated heterocycles. The molecular formula is C35H33BN2. The molecular weight excluding hydrogens is 459 g/mol. The highest BCUT2D eigenvalue weighted by Crippen LogP contribution is 2.45. The van der Waals surface area contributed by atoms with Gasteiger partial charge in [0.2, 0.25) is 0 Å². The summed E-state index contributed by atoms with van der Waals surface area (Å²) >= 11 is 0. The minimum atomic E-state index is 0.186. The number of rotatable bonds is 4. The highest BCUT2D eigenvalue weighted by molar-refractivity contribution is 7.03. The van der Waals surface area contributed by atoms with E-state index >= 15 is 0 Å². The van der Waals surface area contributed by atoms with E-state index in [0.717, 1.165) is 19.3 Å². The highest BCUT2D eigenvalue weighted by Gasteiger charge is 2.44. The summed E-state index contributed by atoms with van der Waals surface area (Å²) in [6, 6.07) is 36.0. The van der Waals surface area contributed by atoms with Gasteiger partial charge in [-0.25, -0.2) is 0 Å². The zero-order valence-electron chi connectivity index (χ0n) is 22.3. The van der Waals surface area contributed by atoms with Gasteiger partial charge in [0.15, 0.2) is 0 Å². The van der Waals surface area contributed by atoms with Crippen LogP contribution in [0.5, 0.6) is 0 Å². The van der Waals surface area contributed by atoms with Crippen LogP contribution in [0.15, 0.2) is 115 Å². The molecule has 0 spiro atoms. The lowest BCUT2D eigenvalue weighted by Gasteiger charge is -2.45.